The molecule has 0 radical (unpaired) electrons. The van der Waals surface area contributed by atoms with E-state index >= 15 is 0 Å². The molecule has 158 valence electrons. The number of nitrogens with two attached hydrogens (primary N) is 1. The normalized spacial score (nSPS) is 19.7. The molecule has 1 atom stereocenters. The van der Waals surface area contributed by atoms with Crippen molar-refractivity contribution in [3.05, 3.63) is 46.2 Å². The summed E-state index contributed by atoms with van der Waals surface area (Å²) in [4.78, 5) is 27.6. The van der Waals surface area contributed by atoms with Crippen molar-refractivity contribution in [3.8, 4) is 0 Å². The molecule has 0 saturated carbocycles. The van der Waals surface area contributed by atoms with Crippen LogP contribution in [0.1, 0.15) is 31.2 Å². The van der Waals surface area contributed by atoms with Crippen molar-refractivity contribution in [3.63, 3.8) is 0 Å². The Morgan fingerprint density at radius 2 is 1.70 bits per heavy atom. The fourth-order valence-electron chi connectivity index (χ4n) is 4.69. The van der Waals surface area contributed by atoms with Gasteiger partial charge in [-0.3, -0.25) is 13.9 Å². The molecule has 0 bridgehead atoms. The maximum atomic E-state index is 13.5. The molecular formula is C22H29N7O. The SMILES string of the molecule is Cn1c(N2CCCC2)nc2nc(N3CCCC(N)C3)n(Cc3ccccc3)c2c1=O. The fourth-order valence-corrected chi connectivity index (χ4v) is 4.69. The van der Waals surface area contributed by atoms with Crippen LogP contribution < -0.4 is 21.1 Å². The Morgan fingerprint density at radius 3 is 2.43 bits per heavy atom. The van der Waals surface area contributed by atoms with Crippen LogP contribution in [0.25, 0.3) is 11.2 Å². The molecule has 1 aromatic carbocycles. The van der Waals surface area contributed by atoms with E-state index < -0.39 is 0 Å². The zero-order chi connectivity index (χ0) is 20.7. The van der Waals surface area contributed by atoms with Crippen molar-refractivity contribution in [2.75, 3.05) is 36.0 Å². The summed E-state index contributed by atoms with van der Waals surface area (Å²) in [5.41, 5.74) is 8.44. The lowest BCUT2D eigenvalue weighted by molar-refractivity contribution is 0.495. The van der Waals surface area contributed by atoms with Gasteiger partial charge in [0.2, 0.25) is 11.9 Å². The third kappa shape index (κ3) is 3.35. The maximum Gasteiger partial charge on any atom is 0.281 e. The van der Waals surface area contributed by atoms with Crippen molar-refractivity contribution < 1.29 is 0 Å². The summed E-state index contributed by atoms with van der Waals surface area (Å²) in [5.74, 6) is 1.52. The summed E-state index contributed by atoms with van der Waals surface area (Å²) in [5, 5.41) is 0. The molecule has 2 aromatic heterocycles. The van der Waals surface area contributed by atoms with Gasteiger partial charge >= 0.3 is 0 Å². The van der Waals surface area contributed by atoms with E-state index in [0.717, 1.165) is 69.3 Å². The molecule has 2 aliphatic rings. The van der Waals surface area contributed by atoms with Crippen molar-refractivity contribution in [2.45, 2.75) is 38.3 Å². The quantitative estimate of drug-likeness (QED) is 0.709. The third-order valence-corrected chi connectivity index (χ3v) is 6.26. The molecule has 8 nitrogen and oxygen atoms in total. The minimum atomic E-state index is -0.0436. The molecule has 3 aromatic rings. The lowest BCUT2D eigenvalue weighted by Gasteiger charge is -2.31. The minimum absolute atomic E-state index is 0.0436. The molecule has 1 unspecified atom stereocenters. The van der Waals surface area contributed by atoms with E-state index in [9.17, 15) is 4.79 Å². The van der Waals surface area contributed by atoms with Gasteiger partial charge in [0, 0.05) is 39.3 Å². The second-order valence-electron chi connectivity index (χ2n) is 8.47. The molecule has 2 N–H and O–H groups in total. The number of anilines is 2. The van der Waals surface area contributed by atoms with Crippen LogP contribution in [0.3, 0.4) is 0 Å². The highest BCUT2D eigenvalue weighted by Gasteiger charge is 2.27. The summed E-state index contributed by atoms with van der Waals surface area (Å²) in [7, 11) is 1.82. The Labute approximate surface area is 175 Å². The molecule has 2 aliphatic heterocycles. The number of nitrogens with zero attached hydrogens (tertiary/aromatic N) is 6. The highest BCUT2D eigenvalue weighted by atomic mass is 16.1. The van der Waals surface area contributed by atoms with Crippen molar-refractivity contribution in [1.82, 2.24) is 19.1 Å². The standard InChI is InChI=1S/C22H29N7O/c1-26-20(30)18-19(24-21(26)27-11-5-6-12-27)25-22(28-13-7-10-17(23)15-28)29(18)14-16-8-3-2-4-9-16/h2-4,8-9,17H,5-7,10-15,23H2,1H3. The van der Waals surface area contributed by atoms with Gasteiger partial charge in [0.25, 0.3) is 5.56 Å². The van der Waals surface area contributed by atoms with Crippen molar-refractivity contribution in [1.29, 1.82) is 0 Å². The van der Waals surface area contributed by atoms with Crippen LogP contribution in [0.5, 0.6) is 0 Å². The first-order chi connectivity index (χ1) is 14.6. The van der Waals surface area contributed by atoms with Crippen LogP contribution in [0.4, 0.5) is 11.9 Å². The summed E-state index contributed by atoms with van der Waals surface area (Å²) >= 11 is 0. The van der Waals surface area contributed by atoms with Gasteiger partial charge in [-0.15, -0.1) is 0 Å². The first-order valence-corrected chi connectivity index (χ1v) is 10.9. The predicted octanol–water partition coefficient (Wildman–Crippen LogP) is 1.71. The fraction of sp³-hybridized carbons (Fsp3) is 0.500. The zero-order valence-corrected chi connectivity index (χ0v) is 17.5. The summed E-state index contributed by atoms with van der Waals surface area (Å²) in [6.45, 7) is 4.09. The van der Waals surface area contributed by atoms with Gasteiger partial charge in [-0.25, -0.2) is 0 Å². The number of imidazole rings is 1. The van der Waals surface area contributed by atoms with Gasteiger partial charge in [0.15, 0.2) is 11.2 Å². The number of rotatable bonds is 4. The summed E-state index contributed by atoms with van der Waals surface area (Å²) in [6, 6.07) is 10.3. The number of hydrogen-bond donors (Lipinski definition) is 1. The average molecular weight is 408 g/mol. The smallest absolute Gasteiger partial charge is 0.281 e. The monoisotopic (exact) mass is 407 g/mol. The highest BCUT2D eigenvalue weighted by molar-refractivity contribution is 5.76. The first-order valence-electron chi connectivity index (χ1n) is 10.9. The topological polar surface area (TPSA) is 85.2 Å². The average Bonchev–Trinajstić information content (AvgIpc) is 3.40. The Bertz CT molecular complexity index is 1100. The van der Waals surface area contributed by atoms with Crippen LogP contribution in [-0.4, -0.2) is 51.3 Å². The molecule has 5 rings (SSSR count). The number of piperidine rings is 1. The zero-order valence-electron chi connectivity index (χ0n) is 17.5. The second-order valence-corrected chi connectivity index (χ2v) is 8.47. The van der Waals surface area contributed by atoms with Gasteiger partial charge in [0.05, 0.1) is 6.54 Å². The second kappa shape index (κ2) is 7.75. The molecule has 8 heteroatoms. The van der Waals surface area contributed by atoms with E-state index in [1.54, 1.807) is 4.57 Å². The Morgan fingerprint density at radius 1 is 1.00 bits per heavy atom. The molecule has 4 heterocycles. The first kappa shape index (κ1) is 19.1. The van der Waals surface area contributed by atoms with Gasteiger partial charge < -0.3 is 15.5 Å². The van der Waals surface area contributed by atoms with Crippen LogP contribution in [0.2, 0.25) is 0 Å². The highest BCUT2D eigenvalue weighted by Crippen LogP contribution is 2.26. The van der Waals surface area contributed by atoms with Crippen LogP contribution in [0, 0.1) is 0 Å². The van der Waals surface area contributed by atoms with E-state index in [1.807, 2.05) is 29.8 Å². The molecule has 2 saturated heterocycles. The van der Waals surface area contributed by atoms with E-state index in [-0.39, 0.29) is 11.6 Å². The Kier molecular flexibility index (Phi) is 4.94. The van der Waals surface area contributed by atoms with Gasteiger partial charge in [-0.2, -0.15) is 9.97 Å². The van der Waals surface area contributed by atoms with Crippen LogP contribution in [0.15, 0.2) is 35.1 Å². The third-order valence-electron chi connectivity index (χ3n) is 6.26. The Balaban J connectivity index is 1.67. The van der Waals surface area contributed by atoms with Gasteiger partial charge in [-0.1, -0.05) is 30.3 Å². The number of benzene rings is 1. The molecular weight excluding hydrogens is 378 g/mol. The van der Waals surface area contributed by atoms with Crippen LogP contribution in [-0.2, 0) is 13.6 Å². The molecule has 2 fully saturated rings. The summed E-state index contributed by atoms with van der Waals surface area (Å²) in [6.07, 6.45) is 4.31. The van der Waals surface area contributed by atoms with E-state index in [0.29, 0.717) is 17.7 Å². The molecule has 30 heavy (non-hydrogen) atoms. The summed E-state index contributed by atoms with van der Waals surface area (Å²) < 4.78 is 3.72. The van der Waals surface area contributed by atoms with Crippen molar-refractivity contribution in [2.24, 2.45) is 12.8 Å². The van der Waals surface area contributed by atoms with E-state index in [1.165, 1.54) is 0 Å². The largest absolute Gasteiger partial charge is 0.342 e. The molecule has 0 amide bonds. The van der Waals surface area contributed by atoms with Crippen molar-refractivity contribution >= 4 is 23.1 Å². The minimum Gasteiger partial charge on any atom is -0.342 e. The molecule has 0 aliphatic carbocycles. The lowest BCUT2D eigenvalue weighted by Crippen LogP contribution is -2.44. The van der Waals surface area contributed by atoms with E-state index in [2.05, 4.69) is 21.9 Å². The van der Waals surface area contributed by atoms with Gasteiger partial charge in [0.1, 0.15) is 0 Å². The van der Waals surface area contributed by atoms with Crippen LogP contribution >= 0.6 is 0 Å². The Hall–Kier alpha value is -2.87. The van der Waals surface area contributed by atoms with E-state index in [4.69, 9.17) is 15.7 Å². The van der Waals surface area contributed by atoms with Gasteiger partial charge in [-0.05, 0) is 31.2 Å². The maximum absolute atomic E-state index is 13.5. The number of hydrogen-bond acceptors (Lipinski definition) is 6. The predicted molar refractivity (Wildman–Crippen MR) is 119 cm³/mol. The molecule has 0 spiro atoms. The number of fused-ring (bicyclic) bond motifs is 1. The lowest BCUT2D eigenvalue weighted by atomic mass is 10.1. The number of aromatic nitrogens is 4.